The van der Waals surface area contributed by atoms with Gasteiger partial charge in [0.25, 0.3) is 0 Å². The summed E-state index contributed by atoms with van der Waals surface area (Å²) in [5, 5.41) is 3.00. The van der Waals surface area contributed by atoms with Crippen molar-refractivity contribution in [3.8, 4) is 0 Å². The number of halogens is 1. The first-order valence-electron chi connectivity index (χ1n) is 5.79. The van der Waals surface area contributed by atoms with Crippen molar-refractivity contribution in [2.45, 2.75) is 6.54 Å². The highest BCUT2D eigenvalue weighted by Crippen LogP contribution is 2.16. The van der Waals surface area contributed by atoms with Gasteiger partial charge in [-0.3, -0.25) is 0 Å². The number of aromatic nitrogens is 1. The van der Waals surface area contributed by atoms with Gasteiger partial charge in [-0.25, -0.2) is 9.37 Å². The summed E-state index contributed by atoms with van der Waals surface area (Å²) in [4.78, 5) is 6.40. The van der Waals surface area contributed by atoms with Crippen molar-refractivity contribution in [2.75, 3.05) is 24.3 Å². The Morgan fingerprint density at radius 1 is 1.22 bits per heavy atom. The molecule has 0 aliphatic rings. The van der Waals surface area contributed by atoms with E-state index in [1.165, 1.54) is 12.1 Å². The third-order valence-corrected chi connectivity index (χ3v) is 2.71. The van der Waals surface area contributed by atoms with Gasteiger partial charge in [0.15, 0.2) is 0 Å². The Hall–Kier alpha value is -2.10. The van der Waals surface area contributed by atoms with Gasteiger partial charge in [0.05, 0.1) is 12.2 Å². The summed E-state index contributed by atoms with van der Waals surface area (Å²) in [6.45, 7) is 0.638. The highest BCUT2D eigenvalue weighted by molar-refractivity contribution is 5.46. The molecule has 1 heterocycles. The molecule has 2 rings (SSSR count). The Labute approximate surface area is 106 Å². The van der Waals surface area contributed by atoms with Crippen molar-refractivity contribution in [3.05, 3.63) is 54.0 Å². The molecule has 0 saturated carbocycles. The van der Waals surface area contributed by atoms with Gasteiger partial charge in [0.1, 0.15) is 11.6 Å². The average Bonchev–Trinajstić information content (AvgIpc) is 2.39. The smallest absolute Gasteiger partial charge is 0.126 e. The molecule has 94 valence electrons. The van der Waals surface area contributed by atoms with E-state index in [9.17, 15) is 4.39 Å². The van der Waals surface area contributed by atoms with E-state index in [0.29, 0.717) is 6.54 Å². The van der Waals surface area contributed by atoms with Gasteiger partial charge in [0.2, 0.25) is 0 Å². The lowest BCUT2D eigenvalue weighted by molar-refractivity contribution is 0.627. The molecule has 0 fully saturated rings. The lowest BCUT2D eigenvalue weighted by atomic mass is 10.2. The minimum Gasteiger partial charge on any atom is -0.373 e. The fraction of sp³-hybridized carbons (Fsp3) is 0.214. The van der Waals surface area contributed by atoms with Gasteiger partial charge in [-0.15, -0.1) is 0 Å². The number of anilines is 2. The second-order valence-electron chi connectivity index (χ2n) is 4.10. The van der Waals surface area contributed by atoms with Crippen molar-refractivity contribution < 1.29 is 4.39 Å². The van der Waals surface area contributed by atoms with Gasteiger partial charge in [-0.2, -0.15) is 0 Å². The zero-order valence-electron chi connectivity index (χ0n) is 10.5. The van der Waals surface area contributed by atoms with E-state index in [1.54, 1.807) is 6.07 Å². The second kappa shape index (κ2) is 5.49. The number of nitrogens with zero attached hydrogens (tertiary/aromatic N) is 2. The first-order valence-corrected chi connectivity index (χ1v) is 5.79. The summed E-state index contributed by atoms with van der Waals surface area (Å²) < 4.78 is 13.1. The molecule has 1 aromatic carbocycles. The van der Waals surface area contributed by atoms with Gasteiger partial charge in [-0.1, -0.05) is 12.1 Å². The van der Waals surface area contributed by atoms with E-state index < -0.39 is 0 Å². The number of hydrogen-bond donors (Lipinski definition) is 1. The molecule has 0 radical (unpaired) electrons. The van der Waals surface area contributed by atoms with Crippen LogP contribution in [-0.2, 0) is 6.54 Å². The molecule has 0 atom stereocenters. The van der Waals surface area contributed by atoms with Crippen LogP contribution in [0.3, 0.4) is 0 Å². The second-order valence-corrected chi connectivity index (χ2v) is 4.10. The number of nitrogens with one attached hydrogen (secondary N) is 1. The maximum atomic E-state index is 13.1. The highest BCUT2D eigenvalue weighted by atomic mass is 19.1. The minimum atomic E-state index is -0.226. The largest absolute Gasteiger partial charge is 0.373 e. The Kier molecular flexibility index (Phi) is 3.77. The normalized spacial score (nSPS) is 10.2. The van der Waals surface area contributed by atoms with Crippen LogP contribution in [0.2, 0.25) is 0 Å². The van der Waals surface area contributed by atoms with Gasteiger partial charge in [-0.05, 0) is 30.3 Å². The Morgan fingerprint density at radius 3 is 2.72 bits per heavy atom. The molecule has 0 saturated heterocycles. The molecule has 0 spiro atoms. The van der Waals surface area contributed by atoms with E-state index in [2.05, 4.69) is 10.3 Å². The number of rotatable bonds is 4. The van der Waals surface area contributed by atoms with Crippen LogP contribution in [0.4, 0.5) is 15.9 Å². The lowest BCUT2D eigenvalue weighted by Crippen LogP contribution is -2.17. The zero-order valence-corrected chi connectivity index (χ0v) is 10.5. The molecule has 0 amide bonds. The fourth-order valence-corrected chi connectivity index (χ4v) is 1.75. The molecular formula is C14H16FN3. The third kappa shape index (κ3) is 2.97. The van der Waals surface area contributed by atoms with Crippen LogP contribution in [0.5, 0.6) is 0 Å². The minimum absolute atomic E-state index is 0.226. The number of benzene rings is 1. The molecule has 2 aromatic rings. The summed E-state index contributed by atoms with van der Waals surface area (Å²) in [7, 11) is 3.75. The van der Waals surface area contributed by atoms with Gasteiger partial charge >= 0.3 is 0 Å². The summed E-state index contributed by atoms with van der Waals surface area (Å²) >= 11 is 0. The van der Waals surface area contributed by atoms with Crippen LogP contribution >= 0.6 is 0 Å². The molecule has 4 heteroatoms. The summed E-state index contributed by atoms with van der Waals surface area (Å²) in [5.41, 5.74) is 1.78. The van der Waals surface area contributed by atoms with Gasteiger partial charge in [0, 0.05) is 19.8 Å². The van der Waals surface area contributed by atoms with Crippen molar-refractivity contribution in [1.29, 1.82) is 0 Å². The summed E-state index contributed by atoms with van der Waals surface area (Å²) in [6, 6.07) is 12.4. The van der Waals surface area contributed by atoms with Crippen molar-refractivity contribution in [3.63, 3.8) is 0 Å². The molecule has 0 unspecified atom stereocenters. The van der Waals surface area contributed by atoms with Crippen molar-refractivity contribution in [1.82, 2.24) is 4.98 Å². The predicted molar refractivity (Wildman–Crippen MR) is 72.3 cm³/mol. The Morgan fingerprint density at radius 2 is 2.00 bits per heavy atom. The highest BCUT2D eigenvalue weighted by Gasteiger charge is 2.04. The van der Waals surface area contributed by atoms with Crippen LogP contribution in [0.15, 0.2) is 42.5 Å². The molecule has 1 aromatic heterocycles. The number of hydrogen-bond acceptors (Lipinski definition) is 3. The van der Waals surface area contributed by atoms with Crippen LogP contribution < -0.4 is 10.2 Å². The van der Waals surface area contributed by atoms with Crippen LogP contribution in [0, 0.1) is 5.82 Å². The fourth-order valence-electron chi connectivity index (χ4n) is 1.75. The van der Waals surface area contributed by atoms with E-state index in [1.807, 2.05) is 43.3 Å². The molecule has 1 N–H and O–H groups in total. The topological polar surface area (TPSA) is 28.2 Å². The monoisotopic (exact) mass is 245 g/mol. The predicted octanol–water partition coefficient (Wildman–Crippen LogP) is 2.90. The lowest BCUT2D eigenvalue weighted by Gasteiger charge is -2.19. The summed E-state index contributed by atoms with van der Waals surface area (Å²) in [5.74, 6) is 0.608. The van der Waals surface area contributed by atoms with E-state index in [-0.39, 0.29) is 5.82 Å². The maximum Gasteiger partial charge on any atom is 0.126 e. The first kappa shape index (κ1) is 12.4. The zero-order chi connectivity index (χ0) is 13.0. The van der Waals surface area contributed by atoms with Crippen molar-refractivity contribution in [2.24, 2.45) is 0 Å². The first-order chi connectivity index (χ1) is 8.69. The van der Waals surface area contributed by atoms with Crippen LogP contribution in [0.1, 0.15) is 5.69 Å². The third-order valence-electron chi connectivity index (χ3n) is 2.71. The van der Waals surface area contributed by atoms with E-state index in [4.69, 9.17) is 0 Å². The molecule has 18 heavy (non-hydrogen) atoms. The molecule has 0 bridgehead atoms. The van der Waals surface area contributed by atoms with E-state index >= 15 is 0 Å². The average molecular weight is 245 g/mol. The Balaban J connectivity index is 2.13. The quantitative estimate of drug-likeness (QED) is 0.897. The molecule has 3 nitrogen and oxygen atoms in total. The van der Waals surface area contributed by atoms with Crippen LogP contribution in [-0.4, -0.2) is 19.1 Å². The van der Waals surface area contributed by atoms with Crippen molar-refractivity contribution >= 4 is 11.5 Å². The summed E-state index contributed by atoms with van der Waals surface area (Å²) in [6.07, 6.45) is 0. The number of pyridine rings is 1. The van der Waals surface area contributed by atoms with Gasteiger partial charge < -0.3 is 10.2 Å². The Bertz CT molecular complexity index is 528. The SMILES string of the molecule is CNc1cccc(CN(C)c2cccc(F)c2)n1. The molecule has 0 aliphatic carbocycles. The molecular weight excluding hydrogens is 229 g/mol. The molecule has 0 aliphatic heterocycles. The standard InChI is InChI=1S/C14H16FN3/c1-16-14-8-4-6-12(17-14)10-18(2)13-7-3-5-11(15)9-13/h3-9H,10H2,1-2H3,(H,16,17). The van der Waals surface area contributed by atoms with E-state index in [0.717, 1.165) is 17.2 Å². The maximum absolute atomic E-state index is 13.1. The van der Waals surface area contributed by atoms with Crippen LogP contribution in [0.25, 0.3) is 0 Å².